The lowest BCUT2D eigenvalue weighted by molar-refractivity contribution is 0.177. The van der Waals surface area contributed by atoms with E-state index in [-0.39, 0.29) is 6.23 Å². The van der Waals surface area contributed by atoms with Crippen LogP contribution in [0.25, 0.3) is 0 Å². The molecule has 0 aromatic rings. The van der Waals surface area contributed by atoms with E-state index in [4.69, 9.17) is 10.5 Å². The molecule has 0 aliphatic carbocycles. The molecule has 6 heavy (non-hydrogen) atoms. The van der Waals surface area contributed by atoms with Gasteiger partial charge in [-0.15, -0.1) is 0 Å². The summed E-state index contributed by atoms with van der Waals surface area (Å²) >= 11 is 0. The summed E-state index contributed by atoms with van der Waals surface area (Å²) in [7, 11) is 0. The fraction of sp³-hybridized carbons (Fsp3) is 0.500. The maximum Gasteiger partial charge on any atom is 0.150 e. The predicted octanol–water partition coefficient (Wildman–Crippen LogP) is 0.205. The summed E-state index contributed by atoms with van der Waals surface area (Å²) in [5, 5.41) is 0. The minimum absolute atomic E-state index is 0.0648. The molecular formula is C4H7NO. The molecule has 0 aromatic heterocycles. The van der Waals surface area contributed by atoms with Crippen LogP contribution in [0.3, 0.4) is 0 Å². The van der Waals surface area contributed by atoms with Crippen molar-refractivity contribution >= 4 is 0 Å². The van der Waals surface area contributed by atoms with Crippen LogP contribution in [0.4, 0.5) is 0 Å². The van der Waals surface area contributed by atoms with E-state index in [0.717, 1.165) is 6.42 Å². The van der Waals surface area contributed by atoms with E-state index in [1.54, 1.807) is 6.26 Å². The van der Waals surface area contributed by atoms with Gasteiger partial charge in [-0.2, -0.15) is 0 Å². The molecule has 0 radical (unpaired) electrons. The maximum atomic E-state index is 5.25. The number of nitrogens with two attached hydrogens (primary N) is 1. The second-order valence-electron chi connectivity index (χ2n) is 1.28. The average Bonchev–Trinajstić information content (AvgIpc) is 1.86. The molecule has 2 nitrogen and oxygen atoms in total. The lowest BCUT2D eigenvalue weighted by atomic mass is 10.4. The smallest absolute Gasteiger partial charge is 0.150 e. The molecule has 1 aliphatic rings. The van der Waals surface area contributed by atoms with Crippen molar-refractivity contribution in [2.75, 3.05) is 0 Å². The van der Waals surface area contributed by atoms with Crippen LogP contribution in [-0.4, -0.2) is 6.23 Å². The monoisotopic (exact) mass is 85.1 g/mol. The van der Waals surface area contributed by atoms with E-state index in [9.17, 15) is 0 Å². The largest absolute Gasteiger partial charge is 0.483 e. The molecule has 0 fully saturated rings. The molecule has 0 saturated carbocycles. The Morgan fingerprint density at radius 2 is 2.67 bits per heavy atom. The Balaban J connectivity index is 2.32. The molecule has 1 rings (SSSR count). The van der Waals surface area contributed by atoms with Gasteiger partial charge in [-0.1, -0.05) is 0 Å². The normalized spacial score (nSPS) is 30.5. The highest BCUT2D eigenvalue weighted by atomic mass is 16.5. The summed E-state index contributed by atoms with van der Waals surface area (Å²) in [4.78, 5) is 0. The lowest BCUT2D eigenvalue weighted by Crippen LogP contribution is -2.16. The third-order valence-corrected chi connectivity index (χ3v) is 0.718. The first kappa shape index (κ1) is 3.68. The maximum absolute atomic E-state index is 5.25. The second-order valence-corrected chi connectivity index (χ2v) is 1.28. The van der Waals surface area contributed by atoms with Crippen LogP contribution in [0.1, 0.15) is 6.42 Å². The summed E-state index contributed by atoms with van der Waals surface area (Å²) in [6.45, 7) is 0. The van der Waals surface area contributed by atoms with Gasteiger partial charge >= 0.3 is 0 Å². The third kappa shape index (κ3) is 0.518. The van der Waals surface area contributed by atoms with Crippen molar-refractivity contribution in [2.24, 2.45) is 5.73 Å². The first-order valence-corrected chi connectivity index (χ1v) is 1.95. The highest BCUT2D eigenvalue weighted by molar-refractivity contribution is 4.83. The van der Waals surface area contributed by atoms with Gasteiger partial charge in [-0.25, -0.2) is 0 Å². The van der Waals surface area contributed by atoms with Crippen molar-refractivity contribution in [1.82, 2.24) is 0 Å². The molecule has 0 aromatic carbocycles. The van der Waals surface area contributed by atoms with E-state index in [1.165, 1.54) is 0 Å². The second kappa shape index (κ2) is 1.30. The summed E-state index contributed by atoms with van der Waals surface area (Å²) < 4.78 is 4.75. The van der Waals surface area contributed by atoms with Crippen LogP contribution in [0.5, 0.6) is 0 Å². The zero-order chi connectivity index (χ0) is 4.41. The molecule has 1 atom stereocenters. The van der Waals surface area contributed by atoms with Crippen LogP contribution in [-0.2, 0) is 4.74 Å². The Kier molecular flexibility index (Phi) is 0.801. The number of rotatable bonds is 0. The first-order valence-electron chi connectivity index (χ1n) is 1.95. The minimum atomic E-state index is -0.0648. The van der Waals surface area contributed by atoms with Crippen molar-refractivity contribution in [3.05, 3.63) is 12.3 Å². The fourth-order valence-electron chi connectivity index (χ4n) is 0.402. The van der Waals surface area contributed by atoms with Gasteiger partial charge in [0.05, 0.1) is 6.26 Å². The standard InChI is InChI=1S/C4H7NO/c5-4-2-1-3-6-4/h1,3-4H,2,5H2. The minimum Gasteiger partial charge on any atom is -0.483 e. The van der Waals surface area contributed by atoms with Gasteiger partial charge < -0.3 is 4.74 Å². The van der Waals surface area contributed by atoms with Crippen LogP contribution in [0, 0.1) is 0 Å². The van der Waals surface area contributed by atoms with Crippen LogP contribution >= 0.6 is 0 Å². The SMILES string of the molecule is NC1CC=CO1. The van der Waals surface area contributed by atoms with E-state index < -0.39 is 0 Å². The Hall–Kier alpha value is -0.500. The Bertz CT molecular complexity index is 61.9. The zero-order valence-corrected chi connectivity index (χ0v) is 3.42. The van der Waals surface area contributed by atoms with Gasteiger partial charge in [0, 0.05) is 6.42 Å². The van der Waals surface area contributed by atoms with Crippen molar-refractivity contribution in [3.63, 3.8) is 0 Å². The lowest BCUT2D eigenvalue weighted by Gasteiger charge is -1.97. The van der Waals surface area contributed by atoms with Gasteiger partial charge in [-0.3, -0.25) is 5.73 Å². The molecule has 0 bridgehead atoms. The zero-order valence-electron chi connectivity index (χ0n) is 3.42. The molecule has 1 aliphatic heterocycles. The molecule has 0 saturated heterocycles. The van der Waals surface area contributed by atoms with Crippen LogP contribution in [0.2, 0.25) is 0 Å². The quantitative estimate of drug-likeness (QED) is 0.456. The molecule has 2 heteroatoms. The van der Waals surface area contributed by atoms with Gasteiger partial charge in [0.2, 0.25) is 0 Å². The summed E-state index contributed by atoms with van der Waals surface area (Å²) in [6, 6.07) is 0. The highest BCUT2D eigenvalue weighted by Crippen LogP contribution is 2.00. The van der Waals surface area contributed by atoms with E-state index in [2.05, 4.69) is 0 Å². The van der Waals surface area contributed by atoms with E-state index >= 15 is 0 Å². The molecule has 2 N–H and O–H groups in total. The van der Waals surface area contributed by atoms with Gasteiger partial charge in [-0.05, 0) is 6.08 Å². The Morgan fingerprint density at radius 1 is 1.83 bits per heavy atom. The highest BCUT2D eigenvalue weighted by Gasteiger charge is 2.00. The van der Waals surface area contributed by atoms with Crippen LogP contribution < -0.4 is 5.73 Å². The van der Waals surface area contributed by atoms with E-state index in [0.29, 0.717) is 0 Å². The van der Waals surface area contributed by atoms with E-state index in [1.807, 2.05) is 6.08 Å². The Morgan fingerprint density at radius 3 is 2.83 bits per heavy atom. The average molecular weight is 85.1 g/mol. The van der Waals surface area contributed by atoms with Gasteiger partial charge in [0.25, 0.3) is 0 Å². The van der Waals surface area contributed by atoms with Crippen molar-refractivity contribution in [2.45, 2.75) is 12.6 Å². The number of hydrogen-bond donors (Lipinski definition) is 1. The topological polar surface area (TPSA) is 35.2 Å². The molecule has 1 heterocycles. The first-order chi connectivity index (χ1) is 2.89. The fourth-order valence-corrected chi connectivity index (χ4v) is 0.402. The van der Waals surface area contributed by atoms with Crippen molar-refractivity contribution in [1.29, 1.82) is 0 Å². The summed E-state index contributed by atoms with van der Waals surface area (Å²) in [6.07, 6.45) is 4.33. The van der Waals surface area contributed by atoms with Crippen molar-refractivity contribution < 1.29 is 4.74 Å². The molecule has 34 valence electrons. The van der Waals surface area contributed by atoms with Crippen LogP contribution in [0.15, 0.2) is 12.3 Å². The summed E-state index contributed by atoms with van der Waals surface area (Å²) in [5.74, 6) is 0. The predicted molar refractivity (Wildman–Crippen MR) is 22.8 cm³/mol. The summed E-state index contributed by atoms with van der Waals surface area (Å²) in [5.41, 5.74) is 5.25. The molecule has 0 amide bonds. The Labute approximate surface area is 36.6 Å². The molecular weight excluding hydrogens is 78.0 g/mol. The van der Waals surface area contributed by atoms with Gasteiger partial charge in [0.15, 0.2) is 0 Å². The van der Waals surface area contributed by atoms with Crippen molar-refractivity contribution in [3.8, 4) is 0 Å². The third-order valence-electron chi connectivity index (χ3n) is 0.718. The molecule has 0 spiro atoms. The van der Waals surface area contributed by atoms with Gasteiger partial charge in [0.1, 0.15) is 6.23 Å². The number of hydrogen-bond acceptors (Lipinski definition) is 2. The number of ether oxygens (including phenoxy) is 1. The molecule has 1 unspecified atom stereocenters.